The number of hydrogen-bond acceptors (Lipinski definition) is 5. The Bertz CT molecular complexity index is 570. The molecule has 1 rings (SSSR count). The first-order valence-electron chi connectivity index (χ1n) is 6.42. The van der Waals surface area contributed by atoms with E-state index in [1.54, 1.807) is 25.1 Å². The van der Waals surface area contributed by atoms with Crippen LogP contribution >= 0.6 is 0 Å². The summed E-state index contributed by atoms with van der Waals surface area (Å²) in [6, 6.07) is 5.00. The molecule has 0 fully saturated rings. The fourth-order valence-electron chi connectivity index (χ4n) is 1.66. The zero-order chi connectivity index (χ0) is 15.2. The lowest BCUT2D eigenvalue weighted by Gasteiger charge is -2.10. The third-order valence-electron chi connectivity index (χ3n) is 2.68. The molecule has 0 saturated heterocycles. The highest BCUT2D eigenvalue weighted by Gasteiger charge is 2.14. The van der Waals surface area contributed by atoms with Crippen molar-refractivity contribution in [2.75, 3.05) is 22.8 Å². The molecular formula is C13H20N2O4S. The summed E-state index contributed by atoms with van der Waals surface area (Å²) in [5.41, 5.74) is 7.69. The van der Waals surface area contributed by atoms with Crippen LogP contribution in [0.3, 0.4) is 0 Å². The molecule has 112 valence electrons. The first kappa shape index (κ1) is 16.3. The van der Waals surface area contributed by atoms with Crippen molar-refractivity contribution >= 4 is 27.4 Å². The summed E-state index contributed by atoms with van der Waals surface area (Å²) in [5.74, 6) is -0.847. The molecule has 0 aromatic heterocycles. The van der Waals surface area contributed by atoms with Gasteiger partial charge in [-0.2, -0.15) is 0 Å². The Hall–Kier alpha value is -1.76. The molecule has 0 atom stereocenters. The number of sulfonamides is 1. The summed E-state index contributed by atoms with van der Waals surface area (Å²) in [6.45, 7) is 3.87. The fraction of sp³-hybridized carbons (Fsp3) is 0.462. The van der Waals surface area contributed by atoms with Gasteiger partial charge in [-0.15, -0.1) is 0 Å². The van der Waals surface area contributed by atoms with Crippen LogP contribution in [-0.2, 0) is 26.0 Å². The van der Waals surface area contributed by atoms with Gasteiger partial charge in [0.05, 0.1) is 24.5 Å². The minimum absolute atomic E-state index is 0.175. The van der Waals surface area contributed by atoms with E-state index in [-0.39, 0.29) is 18.8 Å². The summed E-state index contributed by atoms with van der Waals surface area (Å²) >= 11 is 0. The zero-order valence-electron chi connectivity index (χ0n) is 11.7. The van der Waals surface area contributed by atoms with Gasteiger partial charge in [-0.05, 0) is 31.0 Å². The number of ether oxygens (including phenoxy) is 1. The molecule has 0 bridgehead atoms. The summed E-state index contributed by atoms with van der Waals surface area (Å²) < 4.78 is 30.7. The molecule has 0 heterocycles. The standard InChI is InChI=1S/C13H20N2O4S/c1-3-10-5-6-11(9-12(10)14)15-20(17,18)8-7-13(16)19-4-2/h5-6,9,15H,3-4,7-8,14H2,1-2H3. The predicted molar refractivity (Wildman–Crippen MR) is 78.9 cm³/mol. The van der Waals surface area contributed by atoms with Crippen LogP contribution in [0.1, 0.15) is 25.8 Å². The van der Waals surface area contributed by atoms with Crippen molar-refractivity contribution in [3.8, 4) is 0 Å². The van der Waals surface area contributed by atoms with Gasteiger partial charge in [0.15, 0.2) is 0 Å². The third-order valence-corrected chi connectivity index (χ3v) is 3.97. The molecule has 20 heavy (non-hydrogen) atoms. The Kier molecular flexibility index (Phi) is 5.82. The van der Waals surface area contributed by atoms with Gasteiger partial charge >= 0.3 is 5.97 Å². The topological polar surface area (TPSA) is 98.5 Å². The number of benzene rings is 1. The zero-order valence-corrected chi connectivity index (χ0v) is 12.5. The van der Waals surface area contributed by atoms with Crippen LogP contribution in [-0.4, -0.2) is 26.7 Å². The van der Waals surface area contributed by atoms with Gasteiger partial charge in [-0.25, -0.2) is 8.42 Å². The SMILES string of the molecule is CCOC(=O)CCS(=O)(=O)Nc1ccc(CC)c(N)c1. The van der Waals surface area contributed by atoms with E-state index in [0.29, 0.717) is 11.4 Å². The highest BCUT2D eigenvalue weighted by atomic mass is 32.2. The van der Waals surface area contributed by atoms with E-state index < -0.39 is 16.0 Å². The van der Waals surface area contributed by atoms with Crippen molar-refractivity contribution in [3.05, 3.63) is 23.8 Å². The van der Waals surface area contributed by atoms with Gasteiger partial charge < -0.3 is 10.5 Å². The molecule has 0 radical (unpaired) electrons. The van der Waals surface area contributed by atoms with Crippen LogP contribution in [0.25, 0.3) is 0 Å². The maximum Gasteiger partial charge on any atom is 0.306 e. The lowest BCUT2D eigenvalue weighted by molar-refractivity contribution is -0.142. The molecular weight excluding hydrogens is 280 g/mol. The van der Waals surface area contributed by atoms with Crippen molar-refractivity contribution in [2.45, 2.75) is 26.7 Å². The van der Waals surface area contributed by atoms with Crippen molar-refractivity contribution in [2.24, 2.45) is 0 Å². The number of nitrogens with one attached hydrogen (secondary N) is 1. The average Bonchev–Trinajstić information content (AvgIpc) is 2.37. The van der Waals surface area contributed by atoms with Gasteiger partial charge in [0, 0.05) is 5.69 Å². The summed E-state index contributed by atoms with van der Waals surface area (Å²) in [7, 11) is -3.59. The number of nitrogens with two attached hydrogens (primary N) is 1. The third kappa shape index (κ3) is 5.08. The van der Waals surface area contributed by atoms with Crippen LogP contribution in [0.4, 0.5) is 11.4 Å². The Balaban J connectivity index is 2.66. The normalized spacial score (nSPS) is 11.1. The number of nitrogen functional groups attached to an aromatic ring is 1. The van der Waals surface area contributed by atoms with E-state index in [1.807, 2.05) is 6.92 Å². The fourth-order valence-corrected chi connectivity index (χ4v) is 2.69. The number of hydrogen-bond donors (Lipinski definition) is 2. The maximum atomic E-state index is 11.8. The lowest BCUT2D eigenvalue weighted by atomic mass is 10.1. The Labute approximate surface area is 119 Å². The smallest absolute Gasteiger partial charge is 0.306 e. The summed E-state index contributed by atoms with van der Waals surface area (Å²) in [6.07, 6.45) is 0.605. The van der Waals surface area contributed by atoms with E-state index in [1.165, 1.54) is 0 Å². The van der Waals surface area contributed by atoms with Gasteiger partial charge in [0.2, 0.25) is 10.0 Å². The van der Waals surface area contributed by atoms with Crippen LogP contribution in [0, 0.1) is 0 Å². The van der Waals surface area contributed by atoms with E-state index in [2.05, 4.69) is 9.46 Å². The molecule has 6 nitrogen and oxygen atoms in total. The van der Waals surface area contributed by atoms with Crippen molar-refractivity contribution in [1.82, 2.24) is 0 Å². The highest BCUT2D eigenvalue weighted by molar-refractivity contribution is 7.92. The van der Waals surface area contributed by atoms with Gasteiger partial charge in [-0.3, -0.25) is 9.52 Å². The Morgan fingerprint density at radius 1 is 1.35 bits per heavy atom. The molecule has 3 N–H and O–H groups in total. The highest BCUT2D eigenvalue weighted by Crippen LogP contribution is 2.19. The van der Waals surface area contributed by atoms with Crippen LogP contribution in [0.5, 0.6) is 0 Å². The van der Waals surface area contributed by atoms with Gasteiger partial charge in [0.25, 0.3) is 0 Å². The van der Waals surface area contributed by atoms with E-state index in [4.69, 9.17) is 5.73 Å². The van der Waals surface area contributed by atoms with Crippen molar-refractivity contribution in [3.63, 3.8) is 0 Å². The van der Waals surface area contributed by atoms with E-state index >= 15 is 0 Å². The van der Waals surface area contributed by atoms with Crippen LogP contribution < -0.4 is 10.5 Å². The minimum atomic E-state index is -3.59. The predicted octanol–water partition coefficient (Wildman–Crippen LogP) is 1.53. The molecule has 0 spiro atoms. The quantitative estimate of drug-likeness (QED) is 0.587. The van der Waals surface area contributed by atoms with Crippen molar-refractivity contribution in [1.29, 1.82) is 0 Å². The number of aryl methyl sites for hydroxylation is 1. The van der Waals surface area contributed by atoms with Crippen LogP contribution in [0.2, 0.25) is 0 Å². The minimum Gasteiger partial charge on any atom is -0.466 e. The molecule has 0 unspecified atom stereocenters. The lowest BCUT2D eigenvalue weighted by Crippen LogP contribution is -2.20. The second kappa shape index (κ2) is 7.14. The molecule has 0 aliphatic heterocycles. The van der Waals surface area contributed by atoms with E-state index in [0.717, 1.165) is 12.0 Å². The molecule has 1 aromatic rings. The first-order valence-corrected chi connectivity index (χ1v) is 8.07. The second-order valence-electron chi connectivity index (χ2n) is 4.24. The number of carbonyl (C=O) groups is 1. The summed E-state index contributed by atoms with van der Waals surface area (Å²) in [4.78, 5) is 11.1. The monoisotopic (exact) mass is 300 g/mol. The average molecular weight is 300 g/mol. The Morgan fingerprint density at radius 2 is 2.05 bits per heavy atom. The number of anilines is 2. The van der Waals surface area contributed by atoms with Gasteiger partial charge in [0.1, 0.15) is 0 Å². The number of rotatable bonds is 7. The van der Waals surface area contributed by atoms with Crippen molar-refractivity contribution < 1.29 is 17.9 Å². The molecule has 0 aliphatic carbocycles. The molecule has 1 aromatic carbocycles. The van der Waals surface area contributed by atoms with E-state index in [9.17, 15) is 13.2 Å². The largest absolute Gasteiger partial charge is 0.466 e. The Morgan fingerprint density at radius 3 is 2.60 bits per heavy atom. The molecule has 0 aliphatic rings. The van der Waals surface area contributed by atoms with Gasteiger partial charge in [-0.1, -0.05) is 13.0 Å². The number of carbonyl (C=O) groups excluding carboxylic acids is 1. The first-order chi connectivity index (χ1) is 9.38. The molecule has 0 saturated carbocycles. The molecule has 7 heteroatoms. The van der Waals surface area contributed by atoms with Crippen LogP contribution in [0.15, 0.2) is 18.2 Å². The summed E-state index contributed by atoms with van der Waals surface area (Å²) in [5, 5.41) is 0. The molecule has 0 amide bonds. The maximum absolute atomic E-state index is 11.8. The number of esters is 1. The second-order valence-corrected chi connectivity index (χ2v) is 6.08.